The van der Waals surface area contributed by atoms with E-state index in [0.717, 1.165) is 6.42 Å². The van der Waals surface area contributed by atoms with Gasteiger partial charge in [0.05, 0.1) is 5.92 Å². The van der Waals surface area contributed by atoms with E-state index in [-0.39, 0.29) is 24.2 Å². The number of esters is 1. The molecule has 0 heterocycles. The summed E-state index contributed by atoms with van der Waals surface area (Å²) in [5.74, 6) is -0.624. The van der Waals surface area contributed by atoms with Crippen LogP contribution in [0.15, 0.2) is 24.3 Å². The van der Waals surface area contributed by atoms with Crippen LogP contribution in [-0.2, 0) is 14.3 Å². The first kappa shape index (κ1) is 15.2. The standard InChI is InChI=1S/C14H15F2NO4/c1-8-6-11(8)13(19)20-7-12(18)17-9-2-4-10(5-3-9)21-14(15)16/h2-5,8,11,14H,6-7H2,1H3,(H,17,18)/t8-,11+/m0/s1. The highest BCUT2D eigenvalue weighted by Crippen LogP contribution is 2.38. The number of hydrogen-bond donors (Lipinski definition) is 1. The molecule has 0 bridgehead atoms. The number of nitrogens with one attached hydrogen (secondary N) is 1. The molecule has 1 saturated carbocycles. The second-order valence-electron chi connectivity index (χ2n) is 4.88. The number of benzene rings is 1. The van der Waals surface area contributed by atoms with Crippen molar-refractivity contribution in [3.05, 3.63) is 24.3 Å². The molecule has 2 atom stereocenters. The molecule has 1 aromatic carbocycles. The van der Waals surface area contributed by atoms with E-state index in [0.29, 0.717) is 11.6 Å². The average molecular weight is 299 g/mol. The van der Waals surface area contributed by atoms with Crippen LogP contribution < -0.4 is 10.1 Å². The zero-order valence-corrected chi connectivity index (χ0v) is 11.3. The molecule has 5 nitrogen and oxygen atoms in total. The molecule has 7 heteroatoms. The first-order valence-corrected chi connectivity index (χ1v) is 6.47. The normalized spacial score (nSPS) is 20.0. The fourth-order valence-corrected chi connectivity index (χ4v) is 1.81. The van der Waals surface area contributed by atoms with Gasteiger partial charge in [-0.05, 0) is 36.6 Å². The maximum atomic E-state index is 12.0. The Balaban J connectivity index is 1.75. The molecule has 1 N–H and O–H groups in total. The van der Waals surface area contributed by atoms with Gasteiger partial charge in [-0.1, -0.05) is 6.92 Å². The molecule has 0 saturated heterocycles. The molecule has 1 aliphatic carbocycles. The summed E-state index contributed by atoms with van der Waals surface area (Å²) in [5.41, 5.74) is 0.400. The number of carbonyl (C=O) groups excluding carboxylic acids is 2. The van der Waals surface area contributed by atoms with Crippen molar-refractivity contribution >= 4 is 17.6 Å². The van der Waals surface area contributed by atoms with Gasteiger partial charge in [0.25, 0.3) is 5.91 Å². The Kier molecular flexibility index (Phi) is 4.72. The molecule has 0 radical (unpaired) electrons. The Labute approximate surface area is 120 Å². The first-order chi connectivity index (χ1) is 9.95. The van der Waals surface area contributed by atoms with Crippen molar-refractivity contribution in [1.82, 2.24) is 0 Å². The zero-order valence-electron chi connectivity index (χ0n) is 11.3. The third kappa shape index (κ3) is 4.70. The van der Waals surface area contributed by atoms with E-state index in [4.69, 9.17) is 4.74 Å². The van der Waals surface area contributed by atoms with Crippen molar-refractivity contribution in [2.45, 2.75) is 20.0 Å². The summed E-state index contributed by atoms with van der Waals surface area (Å²) in [6.45, 7) is -1.32. The van der Waals surface area contributed by atoms with Gasteiger partial charge in [-0.15, -0.1) is 0 Å². The molecule has 0 spiro atoms. The smallest absolute Gasteiger partial charge is 0.387 e. The Bertz CT molecular complexity index is 518. The summed E-state index contributed by atoms with van der Waals surface area (Å²) < 4.78 is 33.0. The number of halogens is 2. The van der Waals surface area contributed by atoms with E-state index < -0.39 is 12.5 Å². The summed E-state index contributed by atoms with van der Waals surface area (Å²) in [4.78, 5) is 23.0. The van der Waals surface area contributed by atoms with E-state index in [2.05, 4.69) is 10.1 Å². The predicted molar refractivity (Wildman–Crippen MR) is 69.9 cm³/mol. The van der Waals surface area contributed by atoms with Crippen molar-refractivity contribution < 1.29 is 27.8 Å². The SMILES string of the molecule is C[C@H]1C[C@H]1C(=O)OCC(=O)Nc1ccc(OC(F)F)cc1. The minimum absolute atomic E-state index is 0.00264. The number of rotatable bonds is 6. The fourth-order valence-electron chi connectivity index (χ4n) is 1.81. The Morgan fingerprint density at radius 1 is 1.33 bits per heavy atom. The second kappa shape index (κ2) is 6.51. The van der Waals surface area contributed by atoms with Crippen molar-refractivity contribution in [3.8, 4) is 5.75 Å². The quantitative estimate of drug-likeness (QED) is 0.819. The van der Waals surface area contributed by atoms with Crippen LogP contribution in [-0.4, -0.2) is 25.1 Å². The molecular weight excluding hydrogens is 284 g/mol. The Hall–Kier alpha value is -2.18. The monoisotopic (exact) mass is 299 g/mol. The highest BCUT2D eigenvalue weighted by atomic mass is 19.3. The third-order valence-corrected chi connectivity index (χ3v) is 3.12. The van der Waals surface area contributed by atoms with Crippen LogP contribution in [0.5, 0.6) is 5.75 Å². The number of ether oxygens (including phenoxy) is 2. The minimum Gasteiger partial charge on any atom is -0.455 e. The summed E-state index contributed by atoms with van der Waals surface area (Å²) >= 11 is 0. The van der Waals surface area contributed by atoms with Crippen molar-refractivity contribution in [3.63, 3.8) is 0 Å². The van der Waals surface area contributed by atoms with Gasteiger partial charge in [-0.3, -0.25) is 9.59 Å². The van der Waals surface area contributed by atoms with Gasteiger partial charge in [0.2, 0.25) is 0 Å². The summed E-state index contributed by atoms with van der Waals surface area (Å²) in [6, 6.07) is 5.44. The Morgan fingerprint density at radius 2 is 1.95 bits per heavy atom. The molecular formula is C14H15F2NO4. The van der Waals surface area contributed by atoms with Crippen molar-refractivity contribution in [2.75, 3.05) is 11.9 Å². The third-order valence-electron chi connectivity index (χ3n) is 3.12. The van der Waals surface area contributed by atoms with Crippen LogP contribution in [0.4, 0.5) is 14.5 Å². The molecule has 0 aromatic heterocycles. The van der Waals surface area contributed by atoms with Crippen LogP contribution >= 0.6 is 0 Å². The maximum absolute atomic E-state index is 12.0. The lowest BCUT2D eigenvalue weighted by molar-refractivity contribution is -0.148. The van der Waals surface area contributed by atoms with E-state index in [1.165, 1.54) is 24.3 Å². The topological polar surface area (TPSA) is 64.6 Å². The lowest BCUT2D eigenvalue weighted by Crippen LogP contribution is -2.21. The van der Waals surface area contributed by atoms with Crippen LogP contribution in [0.1, 0.15) is 13.3 Å². The molecule has 0 unspecified atom stereocenters. The molecule has 0 aliphatic heterocycles. The number of amides is 1. The van der Waals surface area contributed by atoms with Gasteiger partial charge >= 0.3 is 12.6 Å². The second-order valence-corrected chi connectivity index (χ2v) is 4.88. The molecule has 2 rings (SSSR count). The van der Waals surface area contributed by atoms with Crippen LogP contribution in [0.2, 0.25) is 0 Å². The molecule has 1 aromatic rings. The number of anilines is 1. The lowest BCUT2D eigenvalue weighted by Gasteiger charge is -2.08. The highest BCUT2D eigenvalue weighted by Gasteiger charge is 2.40. The van der Waals surface area contributed by atoms with E-state index in [9.17, 15) is 18.4 Å². The van der Waals surface area contributed by atoms with Crippen LogP contribution in [0.3, 0.4) is 0 Å². The van der Waals surface area contributed by atoms with Crippen LogP contribution in [0.25, 0.3) is 0 Å². The van der Waals surface area contributed by atoms with E-state index in [1.54, 1.807) is 0 Å². The highest BCUT2D eigenvalue weighted by molar-refractivity contribution is 5.93. The van der Waals surface area contributed by atoms with Crippen LogP contribution in [0, 0.1) is 11.8 Å². The minimum atomic E-state index is -2.89. The first-order valence-electron chi connectivity index (χ1n) is 6.47. The van der Waals surface area contributed by atoms with Gasteiger partial charge < -0.3 is 14.8 Å². The molecule has 1 aliphatic rings. The van der Waals surface area contributed by atoms with Gasteiger partial charge in [0.15, 0.2) is 6.61 Å². The number of carbonyl (C=O) groups is 2. The van der Waals surface area contributed by atoms with E-state index >= 15 is 0 Å². The largest absolute Gasteiger partial charge is 0.455 e. The fraction of sp³-hybridized carbons (Fsp3) is 0.429. The summed E-state index contributed by atoms with van der Waals surface area (Å²) in [5, 5.41) is 2.49. The zero-order chi connectivity index (χ0) is 15.4. The lowest BCUT2D eigenvalue weighted by atomic mass is 10.3. The number of alkyl halides is 2. The van der Waals surface area contributed by atoms with Crippen molar-refractivity contribution in [2.24, 2.45) is 11.8 Å². The molecule has 114 valence electrons. The summed E-state index contributed by atoms with van der Waals surface area (Å²) in [6.07, 6.45) is 0.798. The van der Waals surface area contributed by atoms with Gasteiger partial charge in [0, 0.05) is 5.69 Å². The Morgan fingerprint density at radius 3 is 2.48 bits per heavy atom. The van der Waals surface area contributed by atoms with E-state index in [1.807, 2.05) is 6.92 Å². The van der Waals surface area contributed by atoms with Gasteiger partial charge in [0.1, 0.15) is 5.75 Å². The maximum Gasteiger partial charge on any atom is 0.387 e. The van der Waals surface area contributed by atoms with Gasteiger partial charge in [-0.25, -0.2) is 0 Å². The van der Waals surface area contributed by atoms with Gasteiger partial charge in [-0.2, -0.15) is 8.78 Å². The van der Waals surface area contributed by atoms with Crippen molar-refractivity contribution in [1.29, 1.82) is 0 Å². The predicted octanol–water partition coefficient (Wildman–Crippen LogP) is 2.43. The molecule has 21 heavy (non-hydrogen) atoms. The summed E-state index contributed by atoms with van der Waals surface area (Å²) in [7, 11) is 0. The average Bonchev–Trinajstić information content (AvgIpc) is 3.15. The molecule has 1 fully saturated rings. The number of hydrogen-bond acceptors (Lipinski definition) is 4. The molecule has 1 amide bonds.